The van der Waals surface area contributed by atoms with Crippen molar-refractivity contribution in [2.24, 2.45) is 0 Å². The fourth-order valence-corrected chi connectivity index (χ4v) is 2.95. The number of nitrogens with zero attached hydrogens (tertiary/aromatic N) is 1. The number of carbonyl (C=O) groups is 2. The number of hydrogen-bond donors (Lipinski definition) is 1. The summed E-state index contributed by atoms with van der Waals surface area (Å²) in [7, 11) is 0. The van der Waals surface area contributed by atoms with Crippen LogP contribution in [0.5, 0.6) is 0 Å². The first-order chi connectivity index (χ1) is 11.1. The summed E-state index contributed by atoms with van der Waals surface area (Å²) < 4.78 is 15.9. The number of esters is 1. The second kappa shape index (κ2) is 7.78. The Balaban J connectivity index is 2.38. The second-order valence-corrected chi connectivity index (χ2v) is 5.33. The van der Waals surface area contributed by atoms with Gasteiger partial charge in [-0.15, -0.1) is 0 Å². The van der Waals surface area contributed by atoms with E-state index in [1.807, 2.05) is 12.1 Å². The predicted molar refractivity (Wildman–Crippen MR) is 85.5 cm³/mol. The molecule has 1 amide bonds. The van der Waals surface area contributed by atoms with Gasteiger partial charge in [-0.1, -0.05) is 12.1 Å². The van der Waals surface area contributed by atoms with Gasteiger partial charge in [0, 0.05) is 18.1 Å². The van der Waals surface area contributed by atoms with Crippen LogP contribution < -0.4 is 9.84 Å². The molecule has 0 saturated heterocycles. The molecule has 0 bridgehead atoms. The summed E-state index contributed by atoms with van der Waals surface area (Å²) in [5.74, 6) is -3.65. The fraction of sp³-hybridized carbons (Fsp3) is 0.467. The molecule has 0 unspecified atom stereocenters. The largest absolute Gasteiger partial charge is 0.462 e. The molecule has 0 saturated carbocycles. The summed E-state index contributed by atoms with van der Waals surface area (Å²) >= 11 is 1.27. The van der Waals surface area contributed by atoms with Crippen LogP contribution in [0.3, 0.4) is 0 Å². The van der Waals surface area contributed by atoms with Crippen molar-refractivity contribution in [3.05, 3.63) is 24.3 Å². The molecule has 0 aliphatic carbocycles. The first-order valence-electron chi connectivity index (χ1n) is 7.41. The molecular formula is C15H20N2O5S. The average Bonchev–Trinajstić information content (AvgIpc) is 2.98. The minimum atomic E-state index is -2.12. The van der Waals surface area contributed by atoms with Crippen LogP contribution in [0.25, 0.3) is 0 Å². The summed E-state index contributed by atoms with van der Waals surface area (Å²) in [6.07, 6.45) is 0. The number of ether oxygens (including phenoxy) is 3. The maximum Gasteiger partial charge on any atom is 0.377 e. The van der Waals surface area contributed by atoms with E-state index < -0.39 is 17.7 Å². The topological polar surface area (TPSA) is 77.1 Å². The monoisotopic (exact) mass is 340 g/mol. The normalized spacial score (nSPS) is 13.8. The molecule has 0 aromatic heterocycles. The molecule has 126 valence electrons. The Labute approximate surface area is 139 Å². The van der Waals surface area contributed by atoms with Crippen LogP contribution in [0.15, 0.2) is 29.2 Å². The van der Waals surface area contributed by atoms with Crippen LogP contribution >= 0.6 is 11.9 Å². The number of para-hydroxylation sites is 1. The number of rotatable bonds is 7. The molecule has 1 aliphatic heterocycles. The standard InChI is InChI=1S/C15H20N2O5S/c1-4-20-14(19)15(21-5-2,22-6-3)13(18)17-11-9-7-8-10-12(11)23-16-17/h7-10,16H,4-6H2,1-3H3. The number of hydrazine groups is 1. The fourth-order valence-electron chi connectivity index (χ4n) is 2.17. The number of carbonyl (C=O) groups excluding carboxylic acids is 2. The Morgan fingerprint density at radius 3 is 2.39 bits per heavy atom. The zero-order valence-electron chi connectivity index (χ0n) is 13.3. The molecule has 23 heavy (non-hydrogen) atoms. The van der Waals surface area contributed by atoms with E-state index in [0.29, 0.717) is 5.69 Å². The van der Waals surface area contributed by atoms with E-state index in [9.17, 15) is 9.59 Å². The Hall–Kier alpha value is -1.61. The number of anilines is 1. The van der Waals surface area contributed by atoms with Gasteiger partial charge in [0.1, 0.15) is 0 Å². The lowest BCUT2D eigenvalue weighted by Gasteiger charge is -2.32. The highest BCUT2D eigenvalue weighted by Gasteiger charge is 2.54. The van der Waals surface area contributed by atoms with E-state index in [-0.39, 0.29) is 19.8 Å². The van der Waals surface area contributed by atoms with Crippen molar-refractivity contribution >= 4 is 29.5 Å². The smallest absolute Gasteiger partial charge is 0.377 e. The second-order valence-electron chi connectivity index (χ2n) is 4.50. The summed E-state index contributed by atoms with van der Waals surface area (Å²) in [5.41, 5.74) is 0.635. The SMILES string of the molecule is CCOC(=O)C(OCC)(OCC)C(=O)N1NSc2ccccc21. The number of amides is 1. The molecule has 1 N–H and O–H groups in total. The summed E-state index contributed by atoms with van der Waals surface area (Å²) in [5, 5.41) is 1.25. The van der Waals surface area contributed by atoms with Crippen molar-refractivity contribution in [2.45, 2.75) is 31.5 Å². The quantitative estimate of drug-likeness (QED) is 0.351. The Bertz CT molecular complexity index is 575. The van der Waals surface area contributed by atoms with E-state index >= 15 is 0 Å². The number of fused-ring (bicyclic) bond motifs is 1. The van der Waals surface area contributed by atoms with Crippen molar-refractivity contribution in [3.63, 3.8) is 0 Å². The first kappa shape index (κ1) is 17.7. The third-order valence-electron chi connectivity index (χ3n) is 3.08. The summed E-state index contributed by atoms with van der Waals surface area (Å²) in [6.45, 7) is 5.37. The third kappa shape index (κ3) is 3.35. The highest BCUT2D eigenvalue weighted by atomic mass is 32.2. The van der Waals surface area contributed by atoms with Crippen molar-refractivity contribution in [2.75, 3.05) is 24.8 Å². The van der Waals surface area contributed by atoms with Gasteiger partial charge in [0.2, 0.25) is 0 Å². The summed E-state index contributed by atoms with van der Waals surface area (Å²) in [6, 6.07) is 7.31. The van der Waals surface area contributed by atoms with Crippen molar-refractivity contribution < 1.29 is 23.8 Å². The molecule has 8 heteroatoms. The molecule has 7 nitrogen and oxygen atoms in total. The highest BCUT2D eigenvalue weighted by Crippen LogP contribution is 2.36. The van der Waals surface area contributed by atoms with Gasteiger partial charge in [-0.2, -0.15) is 4.83 Å². The van der Waals surface area contributed by atoms with Gasteiger partial charge < -0.3 is 14.2 Å². The molecule has 0 fully saturated rings. The van der Waals surface area contributed by atoms with Crippen LogP contribution in [0.1, 0.15) is 20.8 Å². The van der Waals surface area contributed by atoms with Gasteiger partial charge in [-0.3, -0.25) is 4.79 Å². The van der Waals surface area contributed by atoms with Gasteiger partial charge in [0.15, 0.2) is 0 Å². The third-order valence-corrected chi connectivity index (χ3v) is 3.92. The van der Waals surface area contributed by atoms with Crippen LogP contribution in [-0.4, -0.2) is 37.5 Å². The number of benzene rings is 1. The molecule has 1 aromatic rings. The highest BCUT2D eigenvalue weighted by molar-refractivity contribution is 7.98. The van der Waals surface area contributed by atoms with Gasteiger partial charge in [-0.05, 0) is 44.9 Å². The lowest BCUT2D eigenvalue weighted by Crippen LogP contribution is -2.60. The van der Waals surface area contributed by atoms with Gasteiger partial charge in [0.05, 0.1) is 12.3 Å². The van der Waals surface area contributed by atoms with Crippen molar-refractivity contribution in [3.8, 4) is 0 Å². The molecule has 0 spiro atoms. The van der Waals surface area contributed by atoms with Crippen molar-refractivity contribution in [1.29, 1.82) is 0 Å². The van der Waals surface area contributed by atoms with Crippen molar-refractivity contribution in [1.82, 2.24) is 4.83 Å². The maximum atomic E-state index is 13.0. The zero-order valence-corrected chi connectivity index (χ0v) is 14.1. The molecule has 1 aliphatic rings. The van der Waals surface area contributed by atoms with E-state index in [4.69, 9.17) is 14.2 Å². The van der Waals surface area contributed by atoms with Gasteiger partial charge in [-0.25, -0.2) is 9.80 Å². The average molecular weight is 340 g/mol. The molecule has 0 radical (unpaired) electrons. The van der Waals surface area contributed by atoms with Gasteiger partial charge >= 0.3 is 17.7 Å². The zero-order chi connectivity index (χ0) is 16.9. The maximum absolute atomic E-state index is 13.0. The molecule has 0 atom stereocenters. The van der Waals surface area contributed by atoms with Gasteiger partial charge in [0.25, 0.3) is 0 Å². The minimum absolute atomic E-state index is 0.118. The molecular weight excluding hydrogens is 320 g/mol. The van der Waals surface area contributed by atoms with E-state index in [2.05, 4.69) is 4.83 Å². The molecule has 1 heterocycles. The van der Waals surface area contributed by atoms with Crippen LogP contribution in [0, 0.1) is 0 Å². The lowest BCUT2D eigenvalue weighted by molar-refractivity contribution is -0.237. The minimum Gasteiger partial charge on any atom is -0.462 e. The molecule has 2 rings (SSSR count). The van der Waals surface area contributed by atoms with Crippen LogP contribution in [0.4, 0.5) is 5.69 Å². The van der Waals surface area contributed by atoms with E-state index in [0.717, 1.165) is 4.90 Å². The lowest BCUT2D eigenvalue weighted by atomic mass is 10.2. The number of hydrogen-bond acceptors (Lipinski definition) is 7. The van der Waals surface area contributed by atoms with Crippen LogP contribution in [-0.2, 0) is 23.8 Å². The first-order valence-corrected chi connectivity index (χ1v) is 8.23. The van der Waals surface area contributed by atoms with E-state index in [1.54, 1.807) is 32.9 Å². The van der Waals surface area contributed by atoms with E-state index in [1.165, 1.54) is 17.0 Å². The Morgan fingerprint density at radius 2 is 1.78 bits per heavy atom. The number of nitrogens with one attached hydrogen (secondary N) is 1. The Morgan fingerprint density at radius 1 is 1.13 bits per heavy atom. The summed E-state index contributed by atoms with van der Waals surface area (Å²) in [4.78, 5) is 29.2. The molecule has 1 aromatic carbocycles. The van der Waals surface area contributed by atoms with Crippen LogP contribution in [0.2, 0.25) is 0 Å². The Kier molecular flexibility index (Phi) is 6.00. The predicted octanol–water partition coefficient (Wildman–Crippen LogP) is 1.88.